The number of benzene rings is 1. The Morgan fingerprint density at radius 1 is 1.27 bits per heavy atom. The summed E-state index contributed by atoms with van der Waals surface area (Å²) in [6, 6.07) is 11.1. The lowest BCUT2D eigenvalue weighted by Gasteiger charge is -2.04. The van der Waals surface area contributed by atoms with E-state index < -0.39 is 0 Å². The quantitative estimate of drug-likeness (QED) is 0.793. The Bertz CT molecular complexity index is 517. The summed E-state index contributed by atoms with van der Waals surface area (Å²) in [6.45, 7) is 1.95. The first kappa shape index (κ1) is 9.75. The number of hydrogen-bond donors (Lipinski definition) is 1. The van der Waals surface area contributed by atoms with Gasteiger partial charge in [0.05, 0.1) is 0 Å². The second-order valence-electron chi connectivity index (χ2n) is 3.24. The molecule has 1 aromatic carbocycles. The first-order chi connectivity index (χ1) is 7.22. The van der Waals surface area contributed by atoms with Crippen LogP contribution in [0.15, 0.2) is 30.3 Å². The van der Waals surface area contributed by atoms with Crippen molar-refractivity contribution in [2.24, 2.45) is 0 Å². The van der Waals surface area contributed by atoms with E-state index in [4.69, 9.17) is 5.26 Å². The molecule has 0 aliphatic rings. The summed E-state index contributed by atoms with van der Waals surface area (Å²) in [5.41, 5.74) is 1.84. The normalized spacial score (nSPS) is 9.87. The van der Waals surface area contributed by atoms with E-state index >= 15 is 0 Å². The minimum atomic E-state index is 0.265. The van der Waals surface area contributed by atoms with Gasteiger partial charge >= 0.3 is 0 Å². The first-order valence-corrected chi connectivity index (χ1v) is 5.33. The van der Waals surface area contributed by atoms with E-state index in [-0.39, 0.29) is 5.75 Å². The molecular formula is C12H9NOS. The summed E-state index contributed by atoms with van der Waals surface area (Å²) >= 11 is 1.39. The fourth-order valence-electron chi connectivity index (χ4n) is 1.51. The lowest BCUT2D eigenvalue weighted by molar-refractivity contribution is 0.477. The van der Waals surface area contributed by atoms with E-state index in [1.54, 1.807) is 12.1 Å². The molecule has 0 spiro atoms. The number of nitrogens with zero attached hydrogens (tertiary/aromatic N) is 1. The van der Waals surface area contributed by atoms with Crippen molar-refractivity contribution in [2.75, 3.05) is 0 Å². The number of hydrogen-bond acceptors (Lipinski definition) is 3. The van der Waals surface area contributed by atoms with Gasteiger partial charge in [-0.05, 0) is 30.7 Å². The van der Waals surface area contributed by atoms with Crippen LogP contribution >= 0.6 is 11.3 Å². The Kier molecular flexibility index (Phi) is 2.44. The van der Waals surface area contributed by atoms with Gasteiger partial charge in [-0.1, -0.05) is 12.1 Å². The molecule has 2 rings (SSSR count). The molecule has 0 bridgehead atoms. The summed E-state index contributed by atoms with van der Waals surface area (Å²) in [4.78, 5) is 1.59. The van der Waals surface area contributed by atoms with Crippen LogP contribution in [0.5, 0.6) is 5.75 Å². The maximum atomic E-state index is 9.75. The lowest BCUT2D eigenvalue weighted by Crippen LogP contribution is -1.80. The van der Waals surface area contributed by atoms with E-state index in [0.717, 1.165) is 16.0 Å². The Labute approximate surface area is 92.0 Å². The molecule has 0 fully saturated rings. The van der Waals surface area contributed by atoms with Crippen LogP contribution in [0.1, 0.15) is 10.4 Å². The molecule has 74 valence electrons. The molecule has 1 aromatic heterocycles. The predicted molar refractivity (Wildman–Crippen MR) is 60.9 cm³/mol. The van der Waals surface area contributed by atoms with Gasteiger partial charge in [0.15, 0.2) is 0 Å². The molecule has 0 saturated carbocycles. The Morgan fingerprint density at radius 2 is 2.07 bits per heavy atom. The fraction of sp³-hybridized carbons (Fsp3) is 0.0833. The van der Waals surface area contributed by atoms with Crippen molar-refractivity contribution in [2.45, 2.75) is 6.92 Å². The molecule has 0 radical (unpaired) electrons. The molecule has 0 aliphatic carbocycles. The smallest absolute Gasteiger partial charge is 0.124 e. The SMILES string of the molecule is Cc1cccc(O)c1-c1ccc(C#N)s1. The van der Waals surface area contributed by atoms with Gasteiger partial charge in [-0.3, -0.25) is 0 Å². The van der Waals surface area contributed by atoms with Crippen molar-refractivity contribution in [1.82, 2.24) is 0 Å². The third-order valence-electron chi connectivity index (χ3n) is 2.21. The first-order valence-electron chi connectivity index (χ1n) is 4.51. The molecule has 0 amide bonds. The third-order valence-corrected chi connectivity index (χ3v) is 3.22. The van der Waals surface area contributed by atoms with Crippen LogP contribution in [-0.2, 0) is 0 Å². The molecule has 0 aliphatic heterocycles. The van der Waals surface area contributed by atoms with E-state index in [1.165, 1.54) is 11.3 Å². The third kappa shape index (κ3) is 1.72. The van der Waals surface area contributed by atoms with Crippen LogP contribution in [0.4, 0.5) is 0 Å². The topological polar surface area (TPSA) is 44.0 Å². The second kappa shape index (κ2) is 3.76. The fourth-order valence-corrected chi connectivity index (χ4v) is 2.43. The standard InChI is InChI=1S/C12H9NOS/c1-8-3-2-4-10(14)12(8)11-6-5-9(7-13)15-11/h2-6,14H,1H3. The molecule has 1 heterocycles. The number of aromatic hydroxyl groups is 1. The highest BCUT2D eigenvalue weighted by atomic mass is 32.1. The van der Waals surface area contributed by atoms with Crippen molar-refractivity contribution < 1.29 is 5.11 Å². The highest BCUT2D eigenvalue weighted by Crippen LogP contribution is 2.36. The van der Waals surface area contributed by atoms with Crippen LogP contribution in [0.3, 0.4) is 0 Å². The minimum absolute atomic E-state index is 0.265. The Morgan fingerprint density at radius 3 is 2.67 bits per heavy atom. The number of phenolic OH excluding ortho intramolecular Hbond substituents is 1. The van der Waals surface area contributed by atoms with Crippen molar-refractivity contribution in [3.05, 3.63) is 40.8 Å². The molecule has 0 saturated heterocycles. The highest BCUT2D eigenvalue weighted by molar-refractivity contribution is 7.16. The predicted octanol–water partition coefficient (Wildman–Crippen LogP) is 3.30. The van der Waals surface area contributed by atoms with E-state index in [9.17, 15) is 5.11 Å². The lowest BCUT2D eigenvalue weighted by atomic mass is 10.1. The molecule has 3 heteroatoms. The van der Waals surface area contributed by atoms with Gasteiger partial charge in [0.1, 0.15) is 16.7 Å². The second-order valence-corrected chi connectivity index (χ2v) is 4.33. The number of rotatable bonds is 1. The van der Waals surface area contributed by atoms with E-state index in [0.29, 0.717) is 4.88 Å². The maximum Gasteiger partial charge on any atom is 0.124 e. The number of phenols is 1. The van der Waals surface area contributed by atoms with Crippen molar-refractivity contribution in [1.29, 1.82) is 5.26 Å². The average molecular weight is 215 g/mol. The number of aryl methyl sites for hydroxylation is 1. The maximum absolute atomic E-state index is 9.75. The van der Waals surface area contributed by atoms with Gasteiger partial charge < -0.3 is 5.11 Å². The van der Waals surface area contributed by atoms with Crippen molar-refractivity contribution in [3.8, 4) is 22.3 Å². The monoisotopic (exact) mass is 215 g/mol. The summed E-state index contributed by atoms with van der Waals surface area (Å²) in [6.07, 6.45) is 0. The molecular weight excluding hydrogens is 206 g/mol. The molecule has 1 N–H and O–H groups in total. The van der Waals surface area contributed by atoms with Gasteiger partial charge in [-0.2, -0.15) is 5.26 Å². The molecule has 0 unspecified atom stereocenters. The molecule has 2 nitrogen and oxygen atoms in total. The highest BCUT2D eigenvalue weighted by Gasteiger charge is 2.09. The van der Waals surface area contributed by atoms with Gasteiger partial charge in [-0.15, -0.1) is 11.3 Å². The van der Waals surface area contributed by atoms with Gasteiger partial charge in [0, 0.05) is 10.4 Å². The van der Waals surface area contributed by atoms with Crippen LogP contribution in [0, 0.1) is 18.3 Å². The minimum Gasteiger partial charge on any atom is -0.507 e. The summed E-state index contributed by atoms with van der Waals surface area (Å²) in [7, 11) is 0. The summed E-state index contributed by atoms with van der Waals surface area (Å²) in [5, 5.41) is 18.5. The van der Waals surface area contributed by atoms with Crippen LogP contribution in [0.25, 0.3) is 10.4 Å². The molecule has 2 aromatic rings. The van der Waals surface area contributed by atoms with Gasteiger partial charge in [0.2, 0.25) is 0 Å². The van der Waals surface area contributed by atoms with Gasteiger partial charge in [0.25, 0.3) is 0 Å². The van der Waals surface area contributed by atoms with Crippen LogP contribution < -0.4 is 0 Å². The van der Waals surface area contributed by atoms with Crippen molar-refractivity contribution in [3.63, 3.8) is 0 Å². The zero-order valence-corrected chi connectivity index (χ0v) is 9.01. The van der Waals surface area contributed by atoms with E-state index in [2.05, 4.69) is 6.07 Å². The summed E-state index contributed by atoms with van der Waals surface area (Å²) < 4.78 is 0. The largest absolute Gasteiger partial charge is 0.507 e. The van der Waals surface area contributed by atoms with E-state index in [1.807, 2.05) is 25.1 Å². The van der Waals surface area contributed by atoms with Crippen LogP contribution in [-0.4, -0.2) is 5.11 Å². The Hall–Kier alpha value is -1.79. The number of thiophene rings is 1. The molecule has 0 atom stereocenters. The zero-order valence-electron chi connectivity index (χ0n) is 8.19. The van der Waals surface area contributed by atoms with Crippen molar-refractivity contribution >= 4 is 11.3 Å². The summed E-state index contributed by atoms with van der Waals surface area (Å²) in [5.74, 6) is 0.265. The van der Waals surface area contributed by atoms with Gasteiger partial charge in [-0.25, -0.2) is 0 Å². The van der Waals surface area contributed by atoms with Crippen LogP contribution in [0.2, 0.25) is 0 Å². The Balaban J connectivity index is 2.59. The average Bonchev–Trinajstić information content (AvgIpc) is 2.66. The zero-order chi connectivity index (χ0) is 10.8. The number of nitriles is 1. The molecule has 15 heavy (non-hydrogen) atoms.